The van der Waals surface area contributed by atoms with Crippen molar-refractivity contribution in [3.05, 3.63) is 24.6 Å². The van der Waals surface area contributed by atoms with Crippen molar-refractivity contribution < 1.29 is 9.15 Å². The molecule has 0 aromatic carbocycles. The van der Waals surface area contributed by atoms with Gasteiger partial charge >= 0.3 is 0 Å². The largest absolute Gasteiger partial charge is 0.478 e. The molecule has 0 bridgehead atoms. The van der Waals surface area contributed by atoms with Gasteiger partial charge < -0.3 is 9.15 Å². The first-order chi connectivity index (χ1) is 5.42. The van der Waals surface area contributed by atoms with E-state index in [4.69, 9.17) is 9.15 Å². The molecule has 0 saturated carbocycles. The Hall–Kier alpha value is -1.51. The topological polar surface area (TPSA) is 35.3 Å². The van der Waals surface area contributed by atoms with E-state index in [1.165, 1.54) is 0 Å². The highest BCUT2D eigenvalue weighted by atomic mass is 16.5. The lowest BCUT2D eigenvalue weighted by molar-refractivity contribution is 0.394. The summed E-state index contributed by atoms with van der Waals surface area (Å²) < 4.78 is 10.1. The molecule has 2 aromatic heterocycles. The van der Waals surface area contributed by atoms with Gasteiger partial charge in [0.05, 0.1) is 13.4 Å². The molecular formula is C8H7NO2. The Labute approximate surface area is 63.6 Å². The minimum atomic E-state index is 0.535. The van der Waals surface area contributed by atoms with Crippen molar-refractivity contribution in [2.45, 2.75) is 0 Å². The predicted octanol–water partition coefficient (Wildman–Crippen LogP) is 1.84. The van der Waals surface area contributed by atoms with Crippen molar-refractivity contribution in [2.24, 2.45) is 0 Å². The van der Waals surface area contributed by atoms with Gasteiger partial charge in [0.15, 0.2) is 5.58 Å². The van der Waals surface area contributed by atoms with E-state index in [1.807, 2.05) is 12.1 Å². The molecule has 0 fully saturated rings. The van der Waals surface area contributed by atoms with Crippen LogP contribution in [-0.4, -0.2) is 12.1 Å². The van der Waals surface area contributed by atoms with Crippen LogP contribution in [0.15, 0.2) is 29.0 Å². The maximum Gasteiger partial charge on any atom is 0.257 e. The predicted molar refractivity (Wildman–Crippen MR) is 40.6 cm³/mol. The van der Waals surface area contributed by atoms with Crippen LogP contribution < -0.4 is 4.74 Å². The van der Waals surface area contributed by atoms with Crippen LogP contribution in [0.1, 0.15) is 0 Å². The van der Waals surface area contributed by atoms with Crippen LogP contribution in [0.4, 0.5) is 0 Å². The third-order valence-corrected chi connectivity index (χ3v) is 1.53. The molecule has 2 rings (SSSR count). The number of hydrogen-bond donors (Lipinski definition) is 0. The lowest BCUT2D eigenvalue weighted by Crippen LogP contribution is -1.85. The first-order valence-corrected chi connectivity index (χ1v) is 3.28. The third-order valence-electron chi connectivity index (χ3n) is 1.53. The summed E-state index contributed by atoms with van der Waals surface area (Å²) in [6, 6.07) is 3.75. The fourth-order valence-corrected chi connectivity index (χ4v) is 1.01. The number of fused-ring (bicyclic) bond motifs is 1. The van der Waals surface area contributed by atoms with Gasteiger partial charge in [0.2, 0.25) is 0 Å². The van der Waals surface area contributed by atoms with Gasteiger partial charge in [-0.3, -0.25) is 0 Å². The molecule has 3 heteroatoms. The minimum Gasteiger partial charge on any atom is -0.478 e. The normalized spacial score (nSPS) is 10.3. The molecule has 0 N–H and O–H groups in total. The van der Waals surface area contributed by atoms with E-state index in [1.54, 1.807) is 19.6 Å². The maximum absolute atomic E-state index is 5.15. The smallest absolute Gasteiger partial charge is 0.257 e. The van der Waals surface area contributed by atoms with Crippen LogP contribution in [0.5, 0.6) is 5.88 Å². The van der Waals surface area contributed by atoms with Gasteiger partial charge in [0, 0.05) is 11.6 Å². The number of furan rings is 1. The second kappa shape index (κ2) is 2.27. The molecule has 0 atom stereocenters. The van der Waals surface area contributed by atoms with E-state index < -0.39 is 0 Å². The van der Waals surface area contributed by atoms with Crippen LogP contribution in [0, 0.1) is 0 Å². The first kappa shape index (κ1) is 6.22. The molecule has 2 aromatic rings. The van der Waals surface area contributed by atoms with Gasteiger partial charge in [-0.2, -0.15) is 0 Å². The number of hydrogen-bond acceptors (Lipinski definition) is 3. The summed E-state index contributed by atoms with van der Waals surface area (Å²) in [4.78, 5) is 3.98. The lowest BCUT2D eigenvalue weighted by atomic mass is 10.3. The summed E-state index contributed by atoms with van der Waals surface area (Å²) in [5.41, 5.74) is 0.704. The van der Waals surface area contributed by atoms with Crippen molar-refractivity contribution in [2.75, 3.05) is 7.11 Å². The third kappa shape index (κ3) is 0.852. The Morgan fingerprint density at radius 3 is 3.18 bits per heavy atom. The second-order valence-electron chi connectivity index (χ2n) is 2.16. The molecule has 11 heavy (non-hydrogen) atoms. The monoisotopic (exact) mass is 149 g/mol. The Balaban J connectivity index is 2.79. The summed E-state index contributed by atoms with van der Waals surface area (Å²) in [6.45, 7) is 0. The Morgan fingerprint density at radius 1 is 1.45 bits per heavy atom. The van der Waals surface area contributed by atoms with Crippen LogP contribution in [0.3, 0.4) is 0 Å². The zero-order valence-corrected chi connectivity index (χ0v) is 6.07. The molecule has 0 radical (unpaired) electrons. The molecule has 0 aliphatic rings. The Kier molecular flexibility index (Phi) is 1.28. The van der Waals surface area contributed by atoms with E-state index in [2.05, 4.69) is 4.98 Å². The fourth-order valence-electron chi connectivity index (χ4n) is 1.01. The van der Waals surface area contributed by atoms with E-state index in [9.17, 15) is 0 Å². The molecule has 56 valence electrons. The molecule has 0 aliphatic carbocycles. The quantitative estimate of drug-likeness (QED) is 0.620. The summed E-state index contributed by atoms with van der Waals surface area (Å²) in [6.07, 6.45) is 3.31. The first-order valence-electron chi connectivity index (χ1n) is 3.28. The maximum atomic E-state index is 5.15. The number of ether oxygens (including phenoxy) is 1. The van der Waals surface area contributed by atoms with Crippen LogP contribution in [0.2, 0.25) is 0 Å². The van der Waals surface area contributed by atoms with Crippen LogP contribution in [-0.2, 0) is 0 Å². The zero-order chi connectivity index (χ0) is 7.68. The summed E-state index contributed by atoms with van der Waals surface area (Å²) in [5, 5.41) is 1.01. The molecule has 3 nitrogen and oxygen atoms in total. The highest BCUT2D eigenvalue weighted by molar-refractivity contribution is 5.80. The molecule has 0 spiro atoms. The van der Waals surface area contributed by atoms with Gasteiger partial charge in [-0.15, -0.1) is 0 Å². The van der Waals surface area contributed by atoms with E-state index in [-0.39, 0.29) is 0 Å². The number of methoxy groups -OCH3 is 1. The van der Waals surface area contributed by atoms with Gasteiger partial charge in [-0.25, -0.2) is 4.98 Å². The number of aromatic nitrogens is 1. The molecule has 0 amide bonds. The summed E-state index contributed by atoms with van der Waals surface area (Å²) >= 11 is 0. The van der Waals surface area contributed by atoms with Gasteiger partial charge in [-0.05, 0) is 12.1 Å². The molecule has 0 saturated heterocycles. The zero-order valence-electron chi connectivity index (χ0n) is 6.07. The van der Waals surface area contributed by atoms with Crippen molar-refractivity contribution >= 4 is 11.0 Å². The fraction of sp³-hybridized carbons (Fsp3) is 0.125. The number of pyridine rings is 1. The van der Waals surface area contributed by atoms with E-state index >= 15 is 0 Å². The standard InChI is InChI=1S/C8H7NO2/c1-10-8-7-6(2-4-9-8)3-5-11-7/h2-5H,1H3. The van der Waals surface area contributed by atoms with Crippen molar-refractivity contribution in [1.82, 2.24) is 4.98 Å². The average molecular weight is 149 g/mol. The molecule has 0 unspecified atom stereocenters. The summed E-state index contributed by atoms with van der Waals surface area (Å²) in [5.74, 6) is 0.535. The highest BCUT2D eigenvalue weighted by Crippen LogP contribution is 2.22. The molecular weight excluding hydrogens is 142 g/mol. The highest BCUT2D eigenvalue weighted by Gasteiger charge is 2.03. The molecule has 0 aliphatic heterocycles. The van der Waals surface area contributed by atoms with Crippen molar-refractivity contribution in [1.29, 1.82) is 0 Å². The van der Waals surface area contributed by atoms with Gasteiger partial charge in [0.25, 0.3) is 5.88 Å². The van der Waals surface area contributed by atoms with Crippen molar-refractivity contribution in [3.8, 4) is 5.88 Å². The van der Waals surface area contributed by atoms with Gasteiger partial charge in [0.1, 0.15) is 0 Å². The Morgan fingerprint density at radius 2 is 2.36 bits per heavy atom. The van der Waals surface area contributed by atoms with Crippen molar-refractivity contribution in [3.63, 3.8) is 0 Å². The van der Waals surface area contributed by atoms with Crippen LogP contribution in [0.25, 0.3) is 11.0 Å². The SMILES string of the molecule is COc1nccc2ccoc12. The second-order valence-corrected chi connectivity index (χ2v) is 2.16. The summed E-state index contributed by atoms with van der Waals surface area (Å²) in [7, 11) is 1.57. The molecule has 2 heterocycles. The Bertz CT molecular complexity index is 367. The van der Waals surface area contributed by atoms with E-state index in [0.29, 0.717) is 11.5 Å². The minimum absolute atomic E-state index is 0.535. The average Bonchev–Trinajstić information content (AvgIpc) is 2.50. The van der Waals surface area contributed by atoms with Crippen LogP contribution >= 0.6 is 0 Å². The number of nitrogens with zero attached hydrogens (tertiary/aromatic N) is 1. The van der Waals surface area contributed by atoms with Gasteiger partial charge in [-0.1, -0.05) is 0 Å². The lowest BCUT2D eigenvalue weighted by Gasteiger charge is -1.96. The number of rotatable bonds is 1. The van der Waals surface area contributed by atoms with E-state index in [0.717, 1.165) is 5.39 Å².